The van der Waals surface area contributed by atoms with Gasteiger partial charge in [-0.15, -0.1) is 0 Å². The van der Waals surface area contributed by atoms with Crippen molar-refractivity contribution in [1.29, 1.82) is 0 Å². The van der Waals surface area contributed by atoms with Crippen molar-refractivity contribution >= 4 is 11.6 Å². The average molecular weight is 204 g/mol. The van der Waals surface area contributed by atoms with Crippen LogP contribution in [0.4, 0.5) is 5.82 Å². The quantitative estimate of drug-likeness (QED) is 0.799. The van der Waals surface area contributed by atoms with Crippen LogP contribution in [0.15, 0.2) is 18.3 Å². The Labute approximate surface area is 89.7 Å². The number of ketones is 1. The maximum absolute atomic E-state index is 11.4. The first-order valence-electron chi connectivity index (χ1n) is 5.40. The number of pyridine rings is 1. The highest BCUT2D eigenvalue weighted by atomic mass is 16.1. The van der Waals surface area contributed by atoms with Gasteiger partial charge < -0.3 is 5.73 Å². The third-order valence-electron chi connectivity index (χ3n) is 3.32. The summed E-state index contributed by atoms with van der Waals surface area (Å²) >= 11 is 0. The molecule has 1 aliphatic carbocycles. The first-order valence-corrected chi connectivity index (χ1v) is 5.40. The molecule has 2 unspecified atom stereocenters. The van der Waals surface area contributed by atoms with Gasteiger partial charge in [-0.2, -0.15) is 0 Å². The molecule has 2 rings (SSSR count). The molecule has 2 atom stereocenters. The van der Waals surface area contributed by atoms with Crippen LogP contribution in [-0.4, -0.2) is 10.8 Å². The number of anilines is 1. The molecule has 0 saturated heterocycles. The van der Waals surface area contributed by atoms with Gasteiger partial charge in [-0.3, -0.25) is 4.79 Å². The number of nitrogens with zero attached hydrogens (tertiary/aromatic N) is 1. The van der Waals surface area contributed by atoms with Crippen molar-refractivity contribution in [3.63, 3.8) is 0 Å². The molecule has 0 aliphatic heterocycles. The highest BCUT2D eigenvalue weighted by molar-refractivity contribution is 5.83. The molecule has 0 amide bonds. The fourth-order valence-corrected chi connectivity index (χ4v) is 2.27. The van der Waals surface area contributed by atoms with Gasteiger partial charge >= 0.3 is 0 Å². The zero-order valence-electron chi connectivity index (χ0n) is 8.94. The number of nitrogen functional groups attached to an aromatic ring is 1. The Bertz CT molecular complexity index is 376. The van der Waals surface area contributed by atoms with E-state index in [1.807, 2.05) is 19.1 Å². The topological polar surface area (TPSA) is 56.0 Å². The van der Waals surface area contributed by atoms with Gasteiger partial charge in [0.1, 0.15) is 11.6 Å². The molecule has 2 N–H and O–H groups in total. The van der Waals surface area contributed by atoms with E-state index < -0.39 is 0 Å². The van der Waals surface area contributed by atoms with Crippen molar-refractivity contribution < 1.29 is 4.79 Å². The third kappa shape index (κ3) is 2.17. The Hall–Kier alpha value is -1.38. The second-order valence-electron chi connectivity index (χ2n) is 4.35. The minimum atomic E-state index is 0.208. The molecule has 0 spiro atoms. The number of carbonyl (C=O) groups is 1. The summed E-state index contributed by atoms with van der Waals surface area (Å²) in [5, 5.41) is 0. The van der Waals surface area contributed by atoms with Gasteiger partial charge in [0, 0.05) is 18.5 Å². The van der Waals surface area contributed by atoms with Crippen molar-refractivity contribution in [2.24, 2.45) is 11.8 Å². The molecule has 0 radical (unpaired) electrons. The summed E-state index contributed by atoms with van der Waals surface area (Å²) in [6.45, 7) is 2.03. The lowest BCUT2D eigenvalue weighted by Crippen LogP contribution is -2.12. The molecular formula is C12H16N2O. The predicted molar refractivity (Wildman–Crippen MR) is 59.2 cm³/mol. The number of aromatic nitrogens is 1. The van der Waals surface area contributed by atoms with E-state index in [0.717, 1.165) is 19.3 Å². The van der Waals surface area contributed by atoms with E-state index in [1.165, 1.54) is 5.56 Å². The van der Waals surface area contributed by atoms with E-state index in [-0.39, 0.29) is 5.92 Å². The van der Waals surface area contributed by atoms with Gasteiger partial charge in [0.25, 0.3) is 0 Å². The Morgan fingerprint density at radius 2 is 2.40 bits per heavy atom. The second kappa shape index (κ2) is 4.01. The molecule has 1 heterocycles. The molecule has 3 nitrogen and oxygen atoms in total. The summed E-state index contributed by atoms with van der Waals surface area (Å²) < 4.78 is 0. The number of rotatable bonds is 2. The SMILES string of the molecule is CC1C(=O)CCC1Cc1ccnc(N)c1. The molecule has 0 aromatic carbocycles. The van der Waals surface area contributed by atoms with Crippen molar-refractivity contribution in [3.8, 4) is 0 Å². The van der Waals surface area contributed by atoms with Gasteiger partial charge in [-0.1, -0.05) is 6.92 Å². The van der Waals surface area contributed by atoms with Crippen LogP contribution < -0.4 is 5.73 Å². The van der Waals surface area contributed by atoms with Crippen LogP contribution in [0.5, 0.6) is 0 Å². The number of carbonyl (C=O) groups excluding carboxylic acids is 1. The monoisotopic (exact) mass is 204 g/mol. The van der Waals surface area contributed by atoms with Crippen molar-refractivity contribution in [2.75, 3.05) is 5.73 Å². The van der Waals surface area contributed by atoms with Gasteiger partial charge in [-0.05, 0) is 36.5 Å². The summed E-state index contributed by atoms with van der Waals surface area (Å²) in [4.78, 5) is 15.4. The highest BCUT2D eigenvalue weighted by Gasteiger charge is 2.30. The van der Waals surface area contributed by atoms with E-state index in [1.54, 1.807) is 6.20 Å². The van der Waals surface area contributed by atoms with Crippen LogP contribution in [0.2, 0.25) is 0 Å². The van der Waals surface area contributed by atoms with Crippen molar-refractivity contribution in [2.45, 2.75) is 26.2 Å². The van der Waals surface area contributed by atoms with Crippen LogP contribution in [0.3, 0.4) is 0 Å². The fourth-order valence-electron chi connectivity index (χ4n) is 2.27. The molecule has 1 aromatic heterocycles. The molecule has 0 bridgehead atoms. The zero-order chi connectivity index (χ0) is 10.8. The normalized spacial score (nSPS) is 25.8. The third-order valence-corrected chi connectivity index (χ3v) is 3.32. The van der Waals surface area contributed by atoms with Crippen molar-refractivity contribution in [3.05, 3.63) is 23.9 Å². The molecule has 3 heteroatoms. The minimum Gasteiger partial charge on any atom is -0.384 e. The largest absolute Gasteiger partial charge is 0.384 e. The summed E-state index contributed by atoms with van der Waals surface area (Å²) in [6, 6.07) is 3.88. The fraction of sp³-hybridized carbons (Fsp3) is 0.500. The van der Waals surface area contributed by atoms with Crippen LogP contribution in [0.25, 0.3) is 0 Å². The molecular weight excluding hydrogens is 188 g/mol. The lowest BCUT2D eigenvalue weighted by molar-refractivity contribution is -0.120. The molecule has 1 fully saturated rings. The van der Waals surface area contributed by atoms with Gasteiger partial charge in [0.2, 0.25) is 0 Å². The van der Waals surface area contributed by atoms with Crippen LogP contribution in [0, 0.1) is 11.8 Å². The molecule has 1 aliphatic rings. The Kier molecular flexibility index (Phi) is 2.71. The Morgan fingerprint density at radius 1 is 1.60 bits per heavy atom. The van der Waals surface area contributed by atoms with E-state index in [0.29, 0.717) is 17.5 Å². The van der Waals surface area contributed by atoms with Gasteiger partial charge in [-0.25, -0.2) is 4.98 Å². The van der Waals surface area contributed by atoms with Gasteiger partial charge in [0.05, 0.1) is 0 Å². The van der Waals surface area contributed by atoms with E-state index in [2.05, 4.69) is 4.98 Å². The van der Waals surface area contributed by atoms with Crippen molar-refractivity contribution in [1.82, 2.24) is 4.98 Å². The number of Topliss-reactive ketones (excluding diaryl/α,β-unsaturated/α-hetero) is 1. The summed E-state index contributed by atoms with van der Waals surface area (Å²) in [5.74, 6) is 1.66. The Morgan fingerprint density at radius 3 is 3.00 bits per heavy atom. The first kappa shape index (κ1) is 10.1. The number of nitrogens with two attached hydrogens (primary N) is 1. The molecule has 80 valence electrons. The Balaban J connectivity index is 2.06. The van der Waals surface area contributed by atoms with E-state index in [9.17, 15) is 4.79 Å². The highest BCUT2D eigenvalue weighted by Crippen LogP contribution is 2.31. The van der Waals surface area contributed by atoms with Crippen LogP contribution in [0.1, 0.15) is 25.3 Å². The summed E-state index contributed by atoms with van der Waals surface area (Å²) in [5.41, 5.74) is 6.81. The lowest BCUT2D eigenvalue weighted by atomic mass is 9.91. The predicted octanol–water partition coefficient (Wildman–Crippen LogP) is 1.82. The summed E-state index contributed by atoms with van der Waals surface area (Å²) in [7, 11) is 0. The maximum Gasteiger partial charge on any atom is 0.135 e. The minimum absolute atomic E-state index is 0.208. The molecule has 1 saturated carbocycles. The first-order chi connectivity index (χ1) is 7.16. The zero-order valence-corrected chi connectivity index (χ0v) is 8.94. The van der Waals surface area contributed by atoms with Crippen LogP contribution in [-0.2, 0) is 11.2 Å². The smallest absolute Gasteiger partial charge is 0.135 e. The molecule has 15 heavy (non-hydrogen) atoms. The van der Waals surface area contributed by atoms with E-state index >= 15 is 0 Å². The number of hydrogen-bond acceptors (Lipinski definition) is 3. The van der Waals surface area contributed by atoms with Crippen LogP contribution >= 0.6 is 0 Å². The lowest BCUT2D eigenvalue weighted by Gasteiger charge is -2.13. The standard InChI is InChI=1S/C12H16N2O/c1-8-10(2-3-11(8)15)6-9-4-5-14-12(13)7-9/h4-5,7-8,10H,2-3,6H2,1H3,(H2,13,14). The maximum atomic E-state index is 11.4. The molecule has 1 aromatic rings. The van der Waals surface area contributed by atoms with Gasteiger partial charge in [0.15, 0.2) is 0 Å². The number of hydrogen-bond donors (Lipinski definition) is 1. The second-order valence-corrected chi connectivity index (χ2v) is 4.35. The summed E-state index contributed by atoms with van der Waals surface area (Å²) in [6.07, 6.45) is 4.43. The van der Waals surface area contributed by atoms with E-state index in [4.69, 9.17) is 5.73 Å². The average Bonchev–Trinajstić information content (AvgIpc) is 2.50.